The minimum atomic E-state index is 0.0506. The van der Waals surface area contributed by atoms with Gasteiger partial charge >= 0.3 is 0 Å². The number of aromatic nitrogens is 5. The van der Waals surface area contributed by atoms with E-state index in [1.807, 2.05) is 53.6 Å². The van der Waals surface area contributed by atoms with E-state index in [1.165, 1.54) is 5.56 Å². The number of rotatable bonds is 5. The predicted octanol–water partition coefficient (Wildman–Crippen LogP) is 3.51. The van der Waals surface area contributed by atoms with Crippen molar-refractivity contribution < 1.29 is 9.53 Å². The maximum absolute atomic E-state index is 13.2. The Balaban J connectivity index is 1.10. The van der Waals surface area contributed by atoms with Gasteiger partial charge < -0.3 is 15.0 Å². The zero-order valence-corrected chi connectivity index (χ0v) is 20.3. The van der Waals surface area contributed by atoms with Gasteiger partial charge in [0.1, 0.15) is 11.3 Å². The van der Waals surface area contributed by atoms with Gasteiger partial charge in [0.2, 0.25) is 5.95 Å². The third-order valence-electron chi connectivity index (χ3n) is 7.20. The number of carbonyl (C=O) groups excluding carboxylic acids is 1. The Hall–Kier alpha value is -4.05. The lowest BCUT2D eigenvalue weighted by Gasteiger charge is -2.41. The number of nitrogens with one attached hydrogen (secondary N) is 2. The number of anilines is 2. The quantitative estimate of drug-likeness (QED) is 0.443. The van der Waals surface area contributed by atoms with Gasteiger partial charge in [0, 0.05) is 60.8 Å². The summed E-state index contributed by atoms with van der Waals surface area (Å²) in [6, 6.07) is 13.8. The van der Waals surface area contributed by atoms with Crippen molar-refractivity contribution in [1.82, 2.24) is 35.2 Å². The zero-order valence-electron chi connectivity index (χ0n) is 20.3. The molecular formula is C26H28N8O2. The number of benzene rings is 2. The van der Waals surface area contributed by atoms with Crippen LogP contribution in [0.15, 0.2) is 48.7 Å². The van der Waals surface area contributed by atoms with Crippen LogP contribution < -0.4 is 10.1 Å². The lowest BCUT2D eigenvalue weighted by Crippen LogP contribution is -2.50. The van der Waals surface area contributed by atoms with Gasteiger partial charge in [-0.25, -0.2) is 9.97 Å². The van der Waals surface area contributed by atoms with E-state index in [0.29, 0.717) is 23.1 Å². The van der Waals surface area contributed by atoms with Crippen LogP contribution in [0.5, 0.6) is 5.75 Å². The molecule has 2 N–H and O–H groups in total. The molecule has 2 aromatic heterocycles. The largest absolute Gasteiger partial charge is 0.497 e. The van der Waals surface area contributed by atoms with Crippen molar-refractivity contribution >= 4 is 28.6 Å². The van der Waals surface area contributed by atoms with Crippen LogP contribution >= 0.6 is 0 Å². The molecule has 0 spiro atoms. The fraction of sp³-hybridized carbons (Fsp3) is 0.346. The van der Waals surface area contributed by atoms with E-state index in [1.54, 1.807) is 7.11 Å². The van der Waals surface area contributed by atoms with Crippen molar-refractivity contribution in [3.8, 4) is 5.75 Å². The predicted molar refractivity (Wildman–Crippen MR) is 135 cm³/mol. The average molecular weight is 485 g/mol. The van der Waals surface area contributed by atoms with E-state index < -0.39 is 0 Å². The number of H-pyrrole nitrogens is 1. The van der Waals surface area contributed by atoms with E-state index >= 15 is 0 Å². The minimum absolute atomic E-state index is 0.0506. The standard InChI is InChI=1S/C26H28N8O2/c1-16-10-20(8-9-34(16)25(35)17-6-7-22-23(11-17)31-32-30-22)33-14-18-13-27-26(29-24(18)15-33)28-19-4-3-5-21(12-19)36-2/h3-7,11-13,16,20H,8-10,14-15H2,1-2H3,(H,27,28,29)(H,30,31,32)/t16-,20+/m1/s1. The van der Waals surface area contributed by atoms with E-state index in [9.17, 15) is 4.79 Å². The molecule has 0 unspecified atom stereocenters. The molecule has 4 aromatic rings. The number of hydrogen-bond donors (Lipinski definition) is 2. The number of carbonyl (C=O) groups is 1. The van der Waals surface area contributed by atoms with Crippen LogP contribution in [0, 0.1) is 0 Å². The maximum atomic E-state index is 13.2. The zero-order chi connectivity index (χ0) is 24.6. The average Bonchev–Trinajstić information content (AvgIpc) is 3.54. The minimum Gasteiger partial charge on any atom is -0.497 e. The highest BCUT2D eigenvalue weighted by atomic mass is 16.5. The first-order chi connectivity index (χ1) is 17.6. The Morgan fingerprint density at radius 1 is 1.19 bits per heavy atom. The smallest absolute Gasteiger partial charge is 0.254 e. The second-order valence-corrected chi connectivity index (χ2v) is 9.50. The van der Waals surface area contributed by atoms with Gasteiger partial charge in [0.25, 0.3) is 5.91 Å². The van der Waals surface area contributed by atoms with Crippen LogP contribution in [0.1, 0.15) is 41.4 Å². The molecule has 10 nitrogen and oxygen atoms in total. The summed E-state index contributed by atoms with van der Waals surface area (Å²) in [5.41, 5.74) is 5.30. The number of methoxy groups -OCH3 is 1. The number of nitrogens with zero attached hydrogens (tertiary/aromatic N) is 6. The second-order valence-electron chi connectivity index (χ2n) is 9.50. The van der Waals surface area contributed by atoms with Crippen LogP contribution in [-0.4, -0.2) is 66.8 Å². The summed E-state index contributed by atoms with van der Waals surface area (Å²) in [5.74, 6) is 1.42. The monoisotopic (exact) mass is 484 g/mol. The summed E-state index contributed by atoms with van der Waals surface area (Å²) in [5, 5.41) is 14.0. The number of fused-ring (bicyclic) bond motifs is 2. The highest BCUT2D eigenvalue weighted by Crippen LogP contribution is 2.31. The summed E-state index contributed by atoms with van der Waals surface area (Å²) in [6.45, 7) is 4.49. The van der Waals surface area contributed by atoms with Crippen LogP contribution in [0.25, 0.3) is 11.0 Å². The number of aromatic amines is 1. The highest BCUT2D eigenvalue weighted by Gasteiger charge is 2.35. The highest BCUT2D eigenvalue weighted by molar-refractivity contribution is 5.97. The Morgan fingerprint density at radius 3 is 2.97 bits per heavy atom. The normalized spacial score (nSPS) is 19.9. The van der Waals surface area contributed by atoms with Gasteiger partial charge in [0.15, 0.2) is 0 Å². The summed E-state index contributed by atoms with van der Waals surface area (Å²) in [4.78, 5) is 27.0. The van der Waals surface area contributed by atoms with Crippen molar-refractivity contribution in [2.45, 2.75) is 44.9 Å². The molecule has 4 heterocycles. The van der Waals surface area contributed by atoms with Crippen LogP contribution in [0.2, 0.25) is 0 Å². The molecule has 36 heavy (non-hydrogen) atoms. The van der Waals surface area contributed by atoms with Crippen molar-refractivity contribution in [2.75, 3.05) is 19.0 Å². The molecule has 2 atom stereocenters. The first kappa shape index (κ1) is 22.4. The lowest BCUT2D eigenvalue weighted by atomic mass is 9.96. The molecule has 2 aliphatic heterocycles. The maximum Gasteiger partial charge on any atom is 0.254 e. The van der Waals surface area contributed by atoms with Crippen molar-refractivity contribution in [1.29, 1.82) is 0 Å². The SMILES string of the molecule is COc1cccc(Nc2ncc3c(n2)CN([C@H]2CCN(C(=O)c4ccc5[nH]nnc5c4)[C@H](C)C2)C3)c1. The topological polar surface area (TPSA) is 112 Å². The van der Waals surface area contributed by atoms with Gasteiger partial charge in [-0.2, -0.15) is 0 Å². The molecule has 6 rings (SSSR count). The van der Waals surface area contributed by atoms with Gasteiger partial charge in [-0.1, -0.05) is 11.3 Å². The first-order valence-electron chi connectivity index (χ1n) is 12.2. The molecule has 1 saturated heterocycles. The van der Waals surface area contributed by atoms with Crippen LogP contribution in [-0.2, 0) is 13.1 Å². The Kier molecular flexibility index (Phi) is 5.73. The van der Waals surface area contributed by atoms with E-state index in [0.717, 1.165) is 55.1 Å². The van der Waals surface area contributed by atoms with Crippen molar-refractivity contribution in [3.63, 3.8) is 0 Å². The summed E-state index contributed by atoms with van der Waals surface area (Å²) >= 11 is 0. The van der Waals surface area contributed by atoms with E-state index in [-0.39, 0.29) is 11.9 Å². The van der Waals surface area contributed by atoms with Crippen LogP contribution in [0.3, 0.4) is 0 Å². The molecule has 2 aromatic carbocycles. The van der Waals surface area contributed by atoms with Crippen LogP contribution in [0.4, 0.5) is 11.6 Å². The second kappa shape index (κ2) is 9.19. The molecule has 0 aliphatic carbocycles. The lowest BCUT2D eigenvalue weighted by molar-refractivity contribution is 0.0460. The summed E-state index contributed by atoms with van der Waals surface area (Å²) < 4.78 is 5.30. The van der Waals surface area contributed by atoms with Gasteiger partial charge in [0.05, 0.1) is 18.3 Å². The number of likely N-dealkylation sites (tertiary alicyclic amines) is 1. The molecule has 1 amide bonds. The van der Waals surface area contributed by atoms with Gasteiger partial charge in [-0.15, -0.1) is 5.10 Å². The van der Waals surface area contributed by atoms with Crippen molar-refractivity contribution in [2.24, 2.45) is 0 Å². The third-order valence-corrected chi connectivity index (χ3v) is 7.20. The third kappa shape index (κ3) is 4.24. The van der Waals surface area contributed by atoms with Crippen molar-refractivity contribution in [3.05, 3.63) is 65.5 Å². The Morgan fingerprint density at radius 2 is 2.11 bits per heavy atom. The first-order valence-corrected chi connectivity index (χ1v) is 12.2. The molecule has 184 valence electrons. The van der Waals surface area contributed by atoms with E-state index in [2.05, 4.69) is 37.5 Å². The Labute approximate surface area is 208 Å². The number of amides is 1. The fourth-order valence-electron chi connectivity index (χ4n) is 5.25. The number of piperidine rings is 1. The van der Waals surface area contributed by atoms with E-state index in [4.69, 9.17) is 9.72 Å². The van der Waals surface area contributed by atoms with Gasteiger partial charge in [-0.05, 0) is 50.1 Å². The molecule has 0 saturated carbocycles. The summed E-state index contributed by atoms with van der Waals surface area (Å²) in [6.07, 6.45) is 3.78. The number of ether oxygens (including phenoxy) is 1. The molecule has 10 heteroatoms. The molecule has 1 fully saturated rings. The number of hydrogen-bond acceptors (Lipinski definition) is 8. The Bertz CT molecular complexity index is 1420. The van der Waals surface area contributed by atoms with Gasteiger partial charge in [-0.3, -0.25) is 14.8 Å². The molecule has 0 bridgehead atoms. The fourth-order valence-corrected chi connectivity index (χ4v) is 5.25. The molecule has 2 aliphatic rings. The summed E-state index contributed by atoms with van der Waals surface area (Å²) in [7, 11) is 1.65. The molecule has 0 radical (unpaired) electrons. The molecular weight excluding hydrogens is 456 g/mol.